The number of ether oxygens (including phenoxy) is 1. The molecule has 0 bridgehead atoms. The maximum absolute atomic E-state index is 13.6. The number of nitrogens with zero attached hydrogens (tertiary/aromatic N) is 4. The lowest BCUT2D eigenvalue weighted by molar-refractivity contribution is -0.117. The number of hydrogen-bond donors (Lipinski definition) is 0. The molecule has 2 amide bonds. The Morgan fingerprint density at radius 2 is 2.14 bits per heavy atom. The smallest absolute Gasteiger partial charge is 0.256 e. The highest BCUT2D eigenvalue weighted by atomic mass is 16.5. The van der Waals surface area contributed by atoms with Crippen LogP contribution in [-0.2, 0) is 9.53 Å². The molecule has 3 heterocycles. The Kier molecular flexibility index (Phi) is 4.89. The van der Waals surface area contributed by atoms with Gasteiger partial charge in [0.05, 0.1) is 17.4 Å². The Balaban J connectivity index is 1.71. The highest BCUT2D eigenvalue weighted by Crippen LogP contribution is 2.36. The van der Waals surface area contributed by atoms with Crippen molar-refractivity contribution in [2.24, 2.45) is 0 Å². The second-order valence-electron chi connectivity index (χ2n) is 7.42. The Morgan fingerprint density at radius 1 is 1.32 bits per heavy atom. The van der Waals surface area contributed by atoms with Crippen molar-refractivity contribution in [3.63, 3.8) is 0 Å². The molecular weight excluding hydrogens is 360 g/mol. The second kappa shape index (κ2) is 7.35. The second-order valence-corrected chi connectivity index (χ2v) is 7.42. The van der Waals surface area contributed by atoms with Gasteiger partial charge in [-0.15, -0.1) is 0 Å². The van der Waals surface area contributed by atoms with Gasteiger partial charge in [-0.05, 0) is 32.4 Å². The van der Waals surface area contributed by atoms with E-state index < -0.39 is 0 Å². The molecule has 2 saturated heterocycles. The van der Waals surface area contributed by atoms with Crippen molar-refractivity contribution in [2.45, 2.75) is 45.3 Å². The van der Waals surface area contributed by atoms with Crippen LogP contribution < -0.4 is 4.90 Å². The molecule has 2 atom stereocenters. The van der Waals surface area contributed by atoms with E-state index in [1.807, 2.05) is 25.1 Å². The number of rotatable bonds is 4. The molecule has 0 radical (unpaired) electrons. The lowest BCUT2D eigenvalue weighted by Gasteiger charge is -2.26. The number of carbonyl (C=O) groups is 2. The summed E-state index contributed by atoms with van der Waals surface area (Å²) in [6.07, 6.45) is 1.80. The number of benzene rings is 1. The minimum absolute atomic E-state index is 0.0539. The Morgan fingerprint density at radius 3 is 2.79 bits per heavy atom. The summed E-state index contributed by atoms with van der Waals surface area (Å²) >= 11 is 0. The minimum Gasteiger partial charge on any atom is -0.380 e. The van der Waals surface area contributed by atoms with Crippen LogP contribution in [0.15, 0.2) is 22.7 Å². The molecule has 2 aliphatic rings. The van der Waals surface area contributed by atoms with Gasteiger partial charge in [0.1, 0.15) is 6.04 Å². The third kappa shape index (κ3) is 3.28. The highest BCUT2D eigenvalue weighted by Gasteiger charge is 2.41. The maximum Gasteiger partial charge on any atom is 0.256 e. The molecule has 28 heavy (non-hydrogen) atoms. The topological polar surface area (TPSA) is 88.8 Å². The van der Waals surface area contributed by atoms with Crippen molar-refractivity contribution in [1.82, 2.24) is 15.0 Å². The van der Waals surface area contributed by atoms with Crippen LogP contribution >= 0.6 is 0 Å². The van der Waals surface area contributed by atoms with Gasteiger partial charge in [0.25, 0.3) is 5.91 Å². The summed E-state index contributed by atoms with van der Waals surface area (Å²) in [5, 5.41) is 3.87. The van der Waals surface area contributed by atoms with Crippen LogP contribution in [0, 0.1) is 13.8 Å². The van der Waals surface area contributed by atoms with Gasteiger partial charge >= 0.3 is 0 Å². The molecule has 2 aliphatic heterocycles. The van der Waals surface area contributed by atoms with Crippen LogP contribution in [0.25, 0.3) is 0 Å². The Bertz CT molecular complexity index is 909. The first-order valence-electron chi connectivity index (χ1n) is 9.53. The van der Waals surface area contributed by atoms with Gasteiger partial charge < -0.3 is 19.1 Å². The first-order chi connectivity index (χ1) is 13.5. The molecule has 0 aliphatic carbocycles. The zero-order valence-electron chi connectivity index (χ0n) is 16.3. The number of likely N-dealkylation sites (tertiary alicyclic amines) is 1. The van der Waals surface area contributed by atoms with Gasteiger partial charge in [0, 0.05) is 33.0 Å². The molecule has 1 aromatic heterocycles. The summed E-state index contributed by atoms with van der Waals surface area (Å²) in [7, 11) is 1.63. The van der Waals surface area contributed by atoms with E-state index in [1.165, 1.54) is 0 Å². The average molecular weight is 384 g/mol. The Labute approximate surface area is 163 Å². The van der Waals surface area contributed by atoms with E-state index in [9.17, 15) is 9.59 Å². The fourth-order valence-electron chi connectivity index (χ4n) is 3.99. The molecule has 1 aromatic carbocycles. The maximum atomic E-state index is 13.6. The molecule has 8 nitrogen and oxygen atoms in total. The lowest BCUT2D eigenvalue weighted by atomic mass is 10.1. The van der Waals surface area contributed by atoms with Gasteiger partial charge in [-0.3, -0.25) is 9.59 Å². The first-order valence-corrected chi connectivity index (χ1v) is 9.53. The Hall–Kier alpha value is -2.74. The molecule has 2 aromatic rings. The zero-order chi connectivity index (χ0) is 19.8. The van der Waals surface area contributed by atoms with Gasteiger partial charge in [-0.25, -0.2) is 0 Å². The molecule has 0 spiro atoms. The molecule has 0 unspecified atom stereocenters. The molecular formula is C20H24N4O4. The average Bonchev–Trinajstić information content (AvgIpc) is 3.40. The van der Waals surface area contributed by atoms with Crippen LogP contribution in [0.3, 0.4) is 0 Å². The van der Waals surface area contributed by atoms with Gasteiger partial charge in [-0.2, -0.15) is 4.98 Å². The summed E-state index contributed by atoms with van der Waals surface area (Å²) < 4.78 is 10.9. The summed E-state index contributed by atoms with van der Waals surface area (Å²) in [4.78, 5) is 33.6. The first kappa shape index (κ1) is 18.6. The van der Waals surface area contributed by atoms with Crippen LogP contribution in [0.2, 0.25) is 0 Å². The van der Waals surface area contributed by atoms with Gasteiger partial charge in [0.2, 0.25) is 11.8 Å². The van der Waals surface area contributed by atoms with Crippen LogP contribution in [0.5, 0.6) is 0 Å². The van der Waals surface area contributed by atoms with Crippen LogP contribution in [0.1, 0.15) is 52.9 Å². The standard InChI is InChI=1S/C20H24N4O4/c1-12-6-7-16(23-8-4-5-18(23)25)15(9-12)20(26)24-11-14(27-3)10-17(24)19-21-13(2)22-28-19/h6-7,9,14,17H,4-5,8,10-11H2,1-3H3/t14-,17+/m0/s1. The molecule has 4 rings (SSSR count). The van der Waals surface area contributed by atoms with Gasteiger partial charge in [0.15, 0.2) is 5.82 Å². The lowest BCUT2D eigenvalue weighted by Crippen LogP contribution is -2.34. The van der Waals surface area contributed by atoms with Crippen molar-refractivity contribution in [2.75, 3.05) is 25.1 Å². The molecule has 0 N–H and O–H groups in total. The van der Waals surface area contributed by atoms with E-state index in [1.54, 1.807) is 23.8 Å². The minimum atomic E-state index is -0.346. The molecule has 0 saturated carbocycles. The molecule has 8 heteroatoms. The summed E-state index contributed by atoms with van der Waals surface area (Å²) in [5.74, 6) is 0.844. The van der Waals surface area contributed by atoms with Gasteiger partial charge in [-0.1, -0.05) is 16.8 Å². The largest absolute Gasteiger partial charge is 0.380 e. The number of anilines is 1. The summed E-state index contributed by atoms with van der Waals surface area (Å²) in [6, 6.07) is 5.29. The van der Waals surface area contributed by atoms with E-state index in [0.29, 0.717) is 48.9 Å². The van der Waals surface area contributed by atoms with E-state index in [0.717, 1.165) is 12.0 Å². The van der Waals surface area contributed by atoms with E-state index in [2.05, 4.69) is 10.1 Å². The number of aryl methyl sites for hydroxylation is 2. The monoisotopic (exact) mass is 384 g/mol. The van der Waals surface area contributed by atoms with Crippen molar-refractivity contribution in [1.29, 1.82) is 0 Å². The number of carbonyl (C=O) groups excluding carboxylic acids is 2. The van der Waals surface area contributed by atoms with E-state index in [4.69, 9.17) is 9.26 Å². The van der Waals surface area contributed by atoms with Crippen molar-refractivity contribution in [3.8, 4) is 0 Å². The van der Waals surface area contributed by atoms with Crippen molar-refractivity contribution < 1.29 is 18.8 Å². The fourth-order valence-corrected chi connectivity index (χ4v) is 3.99. The SMILES string of the molecule is CO[C@H]1C[C@H](c2nc(C)no2)N(C(=O)c2cc(C)ccc2N2CCCC2=O)C1. The number of amides is 2. The van der Waals surface area contributed by atoms with Crippen LogP contribution in [0.4, 0.5) is 5.69 Å². The highest BCUT2D eigenvalue weighted by molar-refractivity contribution is 6.05. The third-order valence-electron chi connectivity index (χ3n) is 5.43. The molecule has 148 valence electrons. The van der Waals surface area contributed by atoms with Crippen molar-refractivity contribution >= 4 is 17.5 Å². The normalized spacial score (nSPS) is 22.3. The van der Waals surface area contributed by atoms with E-state index >= 15 is 0 Å². The quantitative estimate of drug-likeness (QED) is 0.804. The van der Waals surface area contributed by atoms with E-state index in [-0.39, 0.29) is 24.0 Å². The molecule has 2 fully saturated rings. The number of hydrogen-bond acceptors (Lipinski definition) is 6. The fraction of sp³-hybridized carbons (Fsp3) is 0.500. The predicted octanol–water partition coefficient (Wildman–Crippen LogP) is 2.42. The van der Waals surface area contributed by atoms with Crippen molar-refractivity contribution in [3.05, 3.63) is 41.0 Å². The third-order valence-corrected chi connectivity index (χ3v) is 5.43. The number of methoxy groups -OCH3 is 1. The number of aromatic nitrogens is 2. The summed E-state index contributed by atoms with van der Waals surface area (Å²) in [5.41, 5.74) is 2.15. The van der Waals surface area contributed by atoms with Crippen LogP contribution in [-0.4, -0.2) is 53.2 Å². The zero-order valence-corrected chi connectivity index (χ0v) is 16.3. The predicted molar refractivity (Wildman–Crippen MR) is 101 cm³/mol. The summed E-state index contributed by atoms with van der Waals surface area (Å²) in [6.45, 7) is 4.75.